The van der Waals surface area contributed by atoms with Crippen molar-refractivity contribution >= 4 is 17.6 Å². The van der Waals surface area contributed by atoms with Crippen molar-refractivity contribution in [3.8, 4) is 0 Å². The number of unbranched alkanes of at least 4 members (excludes halogenated alkanes) is 17. The molecule has 0 rings (SSSR count). The minimum atomic E-state index is -2.84. The predicted molar refractivity (Wildman–Crippen MR) is 233 cm³/mol. The summed E-state index contributed by atoms with van der Waals surface area (Å²) in [6.45, 7) is 22.0. The SMILES string of the molecule is CCCCCCO[Si](OCCCCCC)(OCCCCCC)C(N)CCCC.CCCCCO[Si](OCCCCC)(OCCCCC)C(N)CCCC. The zero-order valence-corrected chi connectivity index (χ0v) is 39.1. The van der Waals surface area contributed by atoms with Gasteiger partial charge in [0, 0.05) is 39.6 Å². The minimum absolute atomic E-state index is 0.0997. The largest absolute Gasteiger partial charge is 0.518 e. The van der Waals surface area contributed by atoms with Crippen molar-refractivity contribution in [2.45, 2.75) is 240 Å². The highest BCUT2D eigenvalue weighted by Crippen LogP contribution is 2.22. The van der Waals surface area contributed by atoms with Gasteiger partial charge in [-0.15, -0.1) is 0 Å². The molecule has 0 aliphatic carbocycles. The molecule has 4 N–H and O–H groups in total. The fourth-order valence-corrected chi connectivity index (χ4v) is 11.5. The Morgan fingerprint density at radius 1 is 0.283 bits per heavy atom. The summed E-state index contributed by atoms with van der Waals surface area (Å²) in [5.41, 5.74) is 13.0. The van der Waals surface area contributed by atoms with E-state index in [1.54, 1.807) is 0 Å². The number of hydrogen-bond acceptors (Lipinski definition) is 8. The van der Waals surface area contributed by atoms with Gasteiger partial charge in [-0.2, -0.15) is 0 Å². The van der Waals surface area contributed by atoms with Crippen LogP contribution in [0.25, 0.3) is 0 Å². The van der Waals surface area contributed by atoms with E-state index >= 15 is 0 Å². The molecule has 2 atom stereocenters. The number of nitrogens with two attached hydrogens (primary N) is 2. The molecule has 0 aromatic rings. The third-order valence-electron chi connectivity index (χ3n) is 9.70. The van der Waals surface area contributed by atoms with E-state index in [1.165, 1.54) is 96.3 Å². The lowest BCUT2D eigenvalue weighted by molar-refractivity contribution is 0.0453. The third-order valence-corrected chi connectivity index (χ3v) is 15.7. The molecule has 322 valence electrons. The number of hydrogen-bond donors (Lipinski definition) is 2. The Morgan fingerprint density at radius 3 is 0.679 bits per heavy atom. The van der Waals surface area contributed by atoms with Crippen molar-refractivity contribution < 1.29 is 26.6 Å². The molecular weight excluding hydrogens is 697 g/mol. The second-order valence-electron chi connectivity index (χ2n) is 15.1. The Morgan fingerprint density at radius 2 is 0.472 bits per heavy atom. The van der Waals surface area contributed by atoms with Crippen molar-refractivity contribution in [3.63, 3.8) is 0 Å². The van der Waals surface area contributed by atoms with Crippen LogP contribution in [0.3, 0.4) is 0 Å². The van der Waals surface area contributed by atoms with E-state index in [-0.39, 0.29) is 11.3 Å². The average Bonchev–Trinajstić information content (AvgIpc) is 3.17. The van der Waals surface area contributed by atoms with E-state index in [0.717, 1.165) is 96.9 Å². The van der Waals surface area contributed by atoms with Crippen molar-refractivity contribution in [2.24, 2.45) is 11.5 Å². The molecule has 0 aliphatic heterocycles. The van der Waals surface area contributed by atoms with Gasteiger partial charge in [-0.3, -0.25) is 0 Å². The first-order valence-electron chi connectivity index (χ1n) is 23.2. The standard InChI is InChI=1S/C23H51NO3Si.C20H45NO3Si/c1-5-9-13-16-20-25-28(23(24)19-12-8-4,26-21-17-14-10-6-2)27-22-18-15-11-7-3;1-5-9-13-17-22-25(20(21)16-12-8-4,23-18-14-10-6-2)24-19-15-11-7-3/h23H,5-22,24H2,1-4H3;20H,5-19,21H2,1-4H3. The van der Waals surface area contributed by atoms with Gasteiger partial charge in [0.2, 0.25) is 0 Å². The first kappa shape index (κ1) is 55.2. The fraction of sp³-hybridized carbons (Fsp3) is 1.00. The van der Waals surface area contributed by atoms with Gasteiger partial charge in [-0.25, -0.2) is 0 Å². The predicted octanol–water partition coefficient (Wildman–Crippen LogP) is 12.4. The Labute approximate surface area is 334 Å². The summed E-state index contributed by atoms with van der Waals surface area (Å²) < 4.78 is 38.2. The van der Waals surface area contributed by atoms with Crippen LogP contribution in [0.15, 0.2) is 0 Å². The van der Waals surface area contributed by atoms with E-state index in [0.29, 0.717) is 19.8 Å². The average molecular weight is 793 g/mol. The van der Waals surface area contributed by atoms with Crippen LogP contribution in [-0.4, -0.2) is 68.6 Å². The summed E-state index contributed by atoms with van der Waals surface area (Å²) in [6.07, 6.45) is 31.0. The smallest absolute Gasteiger partial charge is 0.373 e. The van der Waals surface area contributed by atoms with E-state index < -0.39 is 17.6 Å². The highest BCUT2D eigenvalue weighted by atomic mass is 28.4. The normalized spacial score (nSPS) is 13.2. The summed E-state index contributed by atoms with van der Waals surface area (Å²) in [5.74, 6) is 0. The van der Waals surface area contributed by atoms with Gasteiger partial charge in [-0.1, -0.05) is 177 Å². The lowest BCUT2D eigenvalue weighted by Crippen LogP contribution is -2.60. The monoisotopic (exact) mass is 793 g/mol. The molecule has 8 nitrogen and oxygen atoms in total. The van der Waals surface area contributed by atoms with Crippen LogP contribution in [0.1, 0.15) is 229 Å². The van der Waals surface area contributed by atoms with Crippen LogP contribution in [0.5, 0.6) is 0 Å². The maximum atomic E-state index is 6.65. The van der Waals surface area contributed by atoms with Crippen molar-refractivity contribution in [2.75, 3.05) is 39.6 Å². The maximum absolute atomic E-state index is 6.65. The highest BCUT2D eigenvalue weighted by Gasteiger charge is 2.48. The van der Waals surface area contributed by atoms with Crippen LogP contribution in [0.4, 0.5) is 0 Å². The molecular formula is C43H96N2O6Si2. The first-order valence-corrected chi connectivity index (χ1v) is 26.8. The van der Waals surface area contributed by atoms with Gasteiger partial charge in [0.15, 0.2) is 0 Å². The van der Waals surface area contributed by atoms with E-state index in [9.17, 15) is 0 Å². The van der Waals surface area contributed by atoms with Crippen LogP contribution in [0.2, 0.25) is 0 Å². The molecule has 0 saturated heterocycles. The van der Waals surface area contributed by atoms with Crippen molar-refractivity contribution in [1.82, 2.24) is 0 Å². The van der Waals surface area contributed by atoms with Gasteiger partial charge in [0.1, 0.15) is 0 Å². The summed E-state index contributed by atoms with van der Waals surface area (Å²) in [5, 5.41) is 0. The Kier molecular flexibility index (Phi) is 43.5. The topological polar surface area (TPSA) is 107 Å². The summed E-state index contributed by atoms with van der Waals surface area (Å²) in [4.78, 5) is 0. The maximum Gasteiger partial charge on any atom is 0.518 e. The van der Waals surface area contributed by atoms with Gasteiger partial charge in [0.25, 0.3) is 0 Å². The van der Waals surface area contributed by atoms with E-state index in [4.69, 9.17) is 38.0 Å². The van der Waals surface area contributed by atoms with Gasteiger partial charge >= 0.3 is 17.6 Å². The van der Waals surface area contributed by atoms with Crippen LogP contribution >= 0.6 is 0 Å². The van der Waals surface area contributed by atoms with Crippen molar-refractivity contribution in [3.05, 3.63) is 0 Å². The number of rotatable bonds is 41. The zero-order valence-electron chi connectivity index (χ0n) is 37.1. The Bertz CT molecular complexity index is 644. The third kappa shape index (κ3) is 30.9. The van der Waals surface area contributed by atoms with Crippen LogP contribution < -0.4 is 11.5 Å². The second-order valence-corrected chi connectivity index (χ2v) is 20.7. The van der Waals surface area contributed by atoms with Gasteiger partial charge < -0.3 is 38.0 Å². The molecule has 0 bridgehead atoms. The molecule has 0 fully saturated rings. The van der Waals surface area contributed by atoms with Gasteiger partial charge in [0.05, 0.1) is 11.3 Å². The molecule has 0 saturated carbocycles. The molecule has 0 heterocycles. The fourth-order valence-electron chi connectivity index (χ4n) is 6.02. The quantitative estimate of drug-likeness (QED) is 0.0465. The van der Waals surface area contributed by atoms with Gasteiger partial charge in [-0.05, 0) is 51.4 Å². The second kappa shape index (κ2) is 41.7. The lowest BCUT2D eigenvalue weighted by atomic mass is 10.2. The molecule has 53 heavy (non-hydrogen) atoms. The van der Waals surface area contributed by atoms with E-state index in [1.807, 2.05) is 0 Å². The first-order chi connectivity index (χ1) is 25.8. The molecule has 0 radical (unpaired) electrons. The summed E-state index contributed by atoms with van der Waals surface area (Å²) in [7, 11) is -5.65. The van der Waals surface area contributed by atoms with Crippen LogP contribution in [-0.2, 0) is 26.6 Å². The highest BCUT2D eigenvalue weighted by molar-refractivity contribution is 6.62. The molecule has 0 amide bonds. The van der Waals surface area contributed by atoms with Crippen LogP contribution in [0, 0.1) is 0 Å². The summed E-state index contributed by atoms with van der Waals surface area (Å²) in [6, 6.07) is 0. The molecule has 0 aromatic heterocycles. The summed E-state index contributed by atoms with van der Waals surface area (Å²) >= 11 is 0. The van der Waals surface area contributed by atoms with Crippen molar-refractivity contribution in [1.29, 1.82) is 0 Å². The Balaban J connectivity index is 0. The molecule has 2 unspecified atom stereocenters. The molecule has 0 aromatic carbocycles. The Hall–Kier alpha value is 0.114. The van der Waals surface area contributed by atoms with E-state index in [2.05, 4.69) is 55.4 Å². The molecule has 10 heteroatoms. The lowest BCUT2D eigenvalue weighted by Gasteiger charge is -2.34. The minimum Gasteiger partial charge on any atom is -0.373 e. The molecule has 0 spiro atoms. The zero-order chi connectivity index (χ0) is 39.7. The molecule has 0 aliphatic rings.